The largest absolute Gasteiger partial charge is 0.322 e. The summed E-state index contributed by atoms with van der Waals surface area (Å²) in [5.41, 5.74) is 0.886. The fourth-order valence-electron chi connectivity index (χ4n) is 2.72. The highest BCUT2D eigenvalue weighted by molar-refractivity contribution is 7.89. The molecule has 3 aromatic carbocycles. The molecule has 0 heterocycles. The zero-order valence-corrected chi connectivity index (χ0v) is 17.9. The first-order valence-corrected chi connectivity index (χ1v) is 11.0. The topological polar surface area (TPSA) is 66.5 Å². The minimum Gasteiger partial charge on any atom is -0.322 e. The highest BCUT2D eigenvalue weighted by Crippen LogP contribution is 2.30. The molecule has 0 aromatic heterocycles. The smallest absolute Gasteiger partial charge is 0.243 e. The van der Waals surface area contributed by atoms with Crippen molar-refractivity contribution in [1.82, 2.24) is 4.31 Å². The number of hydrogen-bond donors (Lipinski definition) is 1. The number of benzene rings is 3. The van der Waals surface area contributed by atoms with Gasteiger partial charge in [0.05, 0.1) is 27.2 Å². The van der Waals surface area contributed by atoms with Gasteiger partial charge in [0.2, 0.25) is 15.9 Å². The van der Waals surface area contributed by atoms with Crippen LogP contribution in [0.3, 0.4) is 0 Å². The Kier molecular flexibility index (Phi) is 7.10. The van der Waals surface area contributed by atoms with Crippen LogP contribution in [0.1, 0.15) is 5.56 Å². The minimum atomic E-state index is -4.08. The van der Waals surface area contributed by atoms with Crippen LogP contribution in [0.5, 0.6) is 0 Å². The quantitative estimate of drug-likeness (QED) is 0.534. The Bertz CT molecular complexity index is 1120. The van der Waals surface area contributed by atoms with E-state index in [0.29, 0.717) is 5.56 Å². The molecule has 0 aliphatic heterocycles. The molecule has 30 heavy (non-hydrogen) atoms. The molecule has 0 saturated carbocycles. The first-order valence-electron chi connectivity index (χ1n) is 8.81. The van der Waals surface area contributed by atoms with Crippen molar-refractivity contribution in [1.29, 1.82) is 0 Å². The number of para-hydroxylation sites is 1. The number of sulfonamides is 1. The van der Waals surface area contributed by atoms with Crippen LogP contribution in [0.4, 0.5) is 10.1 Å². The summed E-state index contributed by atoms with van der Waals surface area (Å²) >= 11 is 12.1. The lowest BCUT2D eigenvalue weighted by Gasteiger charge is -2.22. The van der Waals surface area contributed by atoms with Gasteiger partial charge < -0.3 is 5.32 Å². The maximum absolute atomic E-state index is 13.3. The normalized spacial score (nSPS) is 11.5. The molecule has 0 unspecified atom stereocenters. The van der Waals surface area contributed by atoms with E-state index in [0.717, 1.165) is 28.6 Å². The second kappa shape index (κ2) is 9.57. The maximum Gasteiger partial charge on any atom is 0.243 e. The van der Waals surface area contributed by atoms with Crippen LogP contribution in [0.25, 0.3) is 0 Å². The number of halogens is 3. The number of carbonyl (C=O) groups excluding carboxylic acids is 1. The lowest BCUT2D eigenvalue weighted by atomic mass is 10.2. The molecule has 0 saturated heterocycles. The summed E-state index contributed by atoms with van der Waals surface area (Å²) in [5, 5.41) is 3.02. The summed E-state index contributed by atoms with van der Waals surface area (Å²) in [6, 6.07) is 18.0. The van der Waals surface area contributed by atoms with Crippen molar-refractivity contribution in [2.75, 3.05) is 11.9 Å². The fraction of sp³-hybridized carbons (Fsp3) is 0.0952. The van der Waals surface area contributed by atoms with Crippen molar-refractivity contribution in [2.45, 2.75) is 11.4 Å². The van der Waals surface area contributed by atoms with E-state index in [2.05, 4.69) is 5.32 Å². The third kappa shape index (κ3) is 5.37. The highest BCUT2D eigenvalue weighted by atomic mass is 35.5. The number of rotatable bonds is 7. The number of hydrogen-bond acceptors (Lipinski definition) is 3. The summed E-state index contributed by atoms with van der Waals surface area (Å²) in [6.07, 6.45) is 0. The number of carbonyl (C=O) groups is 1. The molecule has 3 rings (SSSR count). The Morgan fingerprint density at radius 1 is 0.900 bits per heavy atom. The Morgan fingerprint density at radius 3 is 2.10 bits per heavy atom. The van der Waals surface area contributed by atoms with E-state index in [1.165, 1.54) is 0 Å². The van der Waals surface area contributed by atoms with E-state index in [1.807, 2.05) is 0 Å². The van der Waals surface area contributed by atoms with Gasteiger partial charge in [-0.3, -0.25) is 4.79 Å². The summed E-state index contributed by atoms with van der Waals surface area (Å²) in [6.45, 7) is -0.541. The molecule has 1 N–H and O–H groups in total. The number of amides is 1. The molecule has 156 valence electrons. The molecule has 0 aliphatic rings. The minimum absolute atomic E-state index is 0.0514. The van der Waals surface area contributed by atoms with Crippen molar-refractivity contribution < 1.29 is 17.6 Å². The molecule has 9 heteroatoms. The van der Waals surface area contributed by atoms with Crippen molar-refractivity contribution >= 4 is 44.8 Å². The van der Waals surface area contributed by atoms with Crippen molar-refractivity contribution in [3.8, 4) is 0 Å². The summed E-state index contributed by atoms with van der Waals surface area (Å²) < 4.78 is 40.5. The van der Waals surface area contributed by atoms with Crippen LogP contribution >= 0.6 is 23.2 Å². The van der Waals surface area contributed by atoms with Gasteiger partial charge in [-0.05, 0) is 42.0 Å². The van der Waals surface area contributed by atoms with E-state index in [9.17, 15) is 17.6 Å². The van der Waals surface area contributed by atoms with Crippen LogP contribution < -0.4 is 5.32 Å². The lowest BCUT2D eigenvalue weighted by molar-refractivity contribution is -0.116. The van der Waals surface area contributed by atoms with Gasteiger partial charge in [0.15, 0.2) is 0 Å². The second-order valence-corrected chi connectivity index (χ2v) is 9.11. The average molecular weight is 467 g/mol. The highest BCUT2D eigenvalue weighted by Gasteiger charge is 2.27. The van der Waals surface area contributed by atoms with Gasteiger partial charge in [-0.1, -0.05) is 59.6 Å². The zero-order chi connectivity index (χ0) is 21.7. The molecule has 0 radical (unpaired) electrons. The summed E-state index contributed by atoms with van der Waals surface area (Å²) in [7, 11) is -4.08. The van der Waals surface area contributed by atoms with Crippen LogP contribution in [-0.4, -0.2) is 25.2 Å². The molecule has 1 amide bonds. The molecular formula is C21H17Cl2FN2O3S. The number of anilines is 1. The molecule has 3 aromatic rings. The van der Waals surface area contributed by atoms with Gasteiger partial charge in [0, 0.05) is 6.54 Å². The first-order chi connectivity index (χ1) is 14.3. The van der Waals surface area contributed by atoms with E-state index in [-0.39, 0.29) is 27.2 Å². The number of nitrogens with one attached hydrogen (secondary N) is 1. The van der Waals surface area contributed by atoms with Crippen molar-refractivity contribution in [2.24, 2.45) is 0 Å². The summed E-state index contributed by atoms with van der Waals surface area (Å²) in [4.78, 5) is 12.5. The monoisotopic (exact) mass is 466 g/mol. The van der Waals surface area contributed by atoms with Gasteiger partial charge in [-0.15, -0.1) is 0 Å². The van der Waals surface area contributed by atoms with E-state index < -0.39 is 28.3 Å². The van der Waals surface area contributed by atoms with Crippen molar-refractivity contribution in [3.05, 3.63) is 94.2 Å². The molecule has 0 aliphatic carbocycles. The van der Waals surface area contributed by atoms with Crippen LogP contribution in [0, 0.1) is 5.82 Å². The van der Waals surface area contributed by atoms with Gasteiger partial charge >= 0.3 is 0 Å². The van der Waals surface area contributed by atoms with Gasteiger partial charge in [-0.2, -0.15) is 4.31 Å². The third-order valence-electron chi connectivity index (χ3n) is 4.20. The molecule has 0 fully saturated rings. The molecule has 0 spiro atoms. The Hall–Kier alpha value is -2.45. The van der Waals surface area contributed by atoms with Gasteiger partial charge in [-0.25, -0.2) is 12.8 Å². The standard InChI is InChI=1S/C21H17Cl2FN2O3S/c22-18-7-4-8-19(23)21(18)25-20(27)14-26(13-15-5-2-1-3-6-15)30(28,29)17-11-9-16(24)10-12-17/h1-12H,13-14H2,(H,25,27). The van der Waals surface area contributed by atoms with Crippen LogP contribution in [0.15, 0.2) is 77.7 Å². The Balaban J connectivity index is 1.89. The lowest BCUT2D eigenvalue weighted by Crippen LogP contribution is -2.37. The summed E-state index contributed by atoms with van der Waals surface area (Å²) in [5.74, 6) is -1.18. The second-order valence-electron chi connectivity index (χ2n) is 6.36. The van der Waals surface area contributed by atoms with Gasteiger partial charge in [0.25, 0.3) is 0 Å². The average Bonchev–Trinajstić information content (AvgIpc) is 2.71. The SMILES string of the molecule is O=C(CN(Cc1ccccc1)S(=O)(=O)c1ccc(F)cc1)Nc1c(Cl)cccc1Cl. The Labute approximate surface area is 184 Å². The predicted octanol–water partition coefficient (Wildman–Crippen LogP) is 4.96. The number of nitrogens with zero attached hydrogens (tertiary/aromatic N) is 1. The van der Waals surface area contributed by atoms with E-state index in [1.54, 1.807) is 48.5 Å². The molecule has 0 bridgehead atoms. The van der Waals surface area contributed by atoms with E-state index in [4.69, 9.17) is 23.2 Å². The predicted molar refractivity (Wildman–Crippen MR) is 116 cm³/mol. The molecule has 0 atom stereocenters. The van der Waals surface area contributed by atoms with Crippen molar-refractivity contribution in [3.63, 3.8) is 0 Å². The maximum atomic E-state index is 13.3. The molecular weight excluding hydrogens is 450 g/mol. The van der Waals surface area contributed by atoms with Crippen LogP contribution in [0.2, 0.25) is 10.0 Å². The third-order valence-corrected chi connectivity index (χ3v) is 6.64. The zero-order valence-electron chi connectivity index (χ0n) is 15.6. The first kappa shape index (κ1) is 22.2. The fourth-order valence-corrected chi connectivity index (χ4v) is 4.60. The van der Waals surface area contributed by atoms with Crippen LogP contribution in [-0.2, 0) is 21.4 Å². The van der Waals surface area contributed by atoms with Gasteiger partial charge in [0.1, 0.15) is 5.82 Å². The van der Waals surface area contributed by atoms with E-state index >= 15 is 0 Å². The molecule has 5 nitrogen and oxygen atoms in total. The Morgan fingerprint density at radius 2 is 1.50 bits per heavy atom.